The molecule has 3 aliphatic rings. The summed E-state index contributed by atoms with van der Waals surface area (Å²) < 4.78 is 131. The largest absolute Gasteiger partial charge is 0.457 e. The van der Waals surface area contributed by atoms with Crippen LogP contribution in [0.25, 0.3) is 0 Å². The van der Waals surface area contributed by atoms with Gasteiger partial charge in [-0.25, -0.2) is 5.06 Å². The number of allylic oxidation sites excluding steroid dienone is 7. The number of hydrogen-bond donors (Lipinski definition) is 3. The molecule has 1 aromatic heterocycles. The van der Waals surface area contributed by atoms with Crippen molar-refractivity contribution in [3.63, 3.8) is 0 Å². The summed E-state index contributed by atoms with van der Waals surface area (Å²) in [5.74, 6) is 0.797. The molecule has 3 aromatic carbocycles. The fraction of sp³-hybridized carbons (Fsp3) is 0.442. The maximum Gasteiger partial charge on any atom is 0.294 e. The standard InChI is InChI=1S/C52H65N5O14S3/c1-35-30-42(73(61,62)63)32-44-48(35)56(8)46(51(44,3)4)21-15-37-12-11-13-38(50(37)71-40-17-19-41(20-18-40)72(58,59)60)16-22-47-52(5,6)45-33-43(74(64,65)66)31-36(2)49(45)57(47)70-29-28-69-27-26-68-25-24-67-23-10-9-14-39-34-55(7)54-53-39/h15-22,30-34H,9-14,23-29H2,1-8H3,(H2-,58,59,60,61,62,63,64,65,66)/p+1. The third kappa shape index (κ3) is 13.0. The summed E-state index contributed by atoms with van der Waals surface area (Å²) in [6.45, 7) is 13.9. The van der Waals surface area contributed by atoms with Gasteiger partial charge in [0.2, 0.25) is 5.69 Å². The van der Waals surface area contributed by atoms with E-state index in [0.29, 0.717) is 85.5 Å². The number of benzene rings is 3. The van der Waals surface area contributed by atoms with Crippen LogP contribution in [0.1, 0.15) is 87.7 Å². The first-order valence-electron chi connectivity index (χ1n) is 24.2. The van der Waals surface area contributed by atoms with Crippen LogP contribution in [0, 0.1) is 13.8 Å². The van der Waals surface area contributed by atoms with Gasteiger partial charge in [0.25, 0.3) is 30.4 Å². The fourth-order valence-corrected chi connectivity index (χ4v) is 11.3. The van der Waals surface area contributed by atoms with Gasteiger partial charge in [0.05, 0.1) is 76.8 Å². The monoisotopic (exact) mass is 1080 g/mol. The van der Waals surface area contributed by atoms with E-state index in [0.717, 1.165) is 59.5 Å². The van der Waals surface area contributed by atoms with E-state index in [1.165, 1.54) is 48.5 Å². The van der Waals surface area contributed by atoms with Gasteiger partial charge in [-0.3, -0.25) is 23.2 Å². The SMILES string of the molecule is Cc1cc(S(=O)(=O)O)cc2c1N(OCCOCCOCCOCCCCc1cn(C)nn1)/C(=C/C=C1\CCCC(/C=C/C3=[N+](C)c4c(C)cc(S(=O)(=O)O)cc4C3(C)C)=C1Oc1ccc(S(=O)(=O)O)cc1)C2(C)C. The van der Waals surface area contributed by atoms with Crippen molar-refractivity contribution in [2.75, 3.05) is 58.4 Å². The highest BCUT2D eigenvalue weighted by molar-refractivity contribution is 7.86. The molecule has 19 nitrogen and oxygen atoms in total. The molecule has 0 saturated carbocycles. The lowest BCUT2D eigenvalue weighted by atomic mass is 9.80. The number of aromatic nitrogens is 3. The molecule has 74 heavy (non-hydrogen) atoms. The Morgan fingerprint density at radius 3 is 1.91 bits per heavy atom. The molecule has 0 fully saturated rings. The Balaban J connectivity index is 1.13. The van der Waals surface area contributed by atoms with Crippen LogP contribution in [0.2, 0.25) is 0 Å². The van der Waals surface area contributed by atoms with Gasteiger partial charge in [0.1, 0.15) is 18.6 Å². The smallest absolute Gasteiger partial charge is 0.294 e. The Bertz CT molecular complexity index is 3260. The summed E-state index contributed by atoms with van der Waals surface area (Å²) in [5, 5.41) is 9.72. The van der Waals surface area contributed by atoms with Gasteiger partial charge in [-0.2, -0.15) is 29.8 Å². The van der Waals surface area contributed by atoms with Gasteiger partial charge in [0, 0.05) is 42.5 Å². The lowest BCUT2D eigenvalue weighted by molar-refractivity contribution is -0.402. The minimum atomic E-state index is -4.56. The van der Waals surface area contributed by atoms with Gasteiger partial charge >= 0.3 is 0 Å². The Morgan fingerprint density at radius 1 is 0.703 bits per heavy atom. The van der Waals surface area contributed by atoms with Gasteiger partial charge in [-0.15, -0.1) is 5.10 Å². The highest BCUT2D eigenvalue weighted by Crippen LogP contribution is 2.51. The fourth-order valence-electron chi connectivity index (χ4n) is 9.64. The zero-order valence-corrected chi connectivity index (χ0v) is 45.4. The minimum absolute atomic E-state index is 0.119. The van der Waals surface area contributed by atoms with Gasteiger partial charge in [-0.05, 0) is 149 Å². The molecule has 0 radical (unpaired) electrons. The number of unbranched alkanes of at least 4 members (excludes halogenated alkanes) is 1. The summed E-state index contributed by atoms with van der Waals surface area (Å²) in [7, 11) is -9.77. The van der Waals surface area contributed by atoms with E-state index >= 15 is 0 Å². The molecule has 0 spiro atoms. The predicted octanol–water partition coefficient (Wildman–Crippen LogP) is 7.86. The van der Waals surface area contributed by atoms with Crippen LogP contribution in [0.4, 0.5) is 11.4 Å². The van der Waals surface area contributed by atoms with E-state index in [4.69, 9.17) is 23.8 Å². The van der Waals surface area contributed by atoms with E-state index in [1.54, 1.807) is 23.6 Å². The third-order valence-electron chi connectivity index (χ3n) is 13.4. The number of nitrogens with zero attached hydrogens (tertiary/aromatic N) is 5. The van der Waals surface area contributed by atoms with Crippen LogP contribution in [-0.2, 0) is 73.7 Å². The zero-order valence-electron chi connectivity index (χ0n) is 43.0. The second-order valence-electron chi connectivity index (χ2n) is 19.6. The number of rotatable bonds is 23. The Kier molecular flexibility index (Phi) is 17.4. The van der Waals surface area contributed by atoms with Crippen LogP contribution in [0.5, 0.6) is 5.75 Å². The summed E-state index contributed by atoms with van der Waals surface area (Å²) in [5.41, 5.74) is 6.48. The van der Waals surface area contributed by atoms with Crippen molar-refractivity contribution in [2.24, 2.45) is 7.05 Å². The molecule has 2 aliphatic heterocycles. The molecule has 0 bridgehead atoms. The van der Waals surface area contributed by atoms with Crippen LogP contribution < -0.4 is 9.80 Å². The lowest BCUT2D eigenvalue weighted by Crippen LogP contribution is -2.28. The molecule has 7 rings (SSSR count). The van der Waals surface area contributed by atoms with Gasteiger partial charge in [-0.1, -0.05) is 25.1 Å². The number of hydrogen-bond acceptors (Lipinski definition) is 14. The molecule has 4 aromatic rings. The molecular formula is C52H66N5O14S3+. The highest BCUT2D eigenvalue weighted by atomic mass is 32.2. The summed E-state index contributed by atoms with van der Waals surface area (Å²) in [4.78, 5) is 5.73. The lowest BCUT2D eigenvalue weighted by Gasteiger charge is -2.27. The number of hydroxylamine groups is 1. The average molecular weight is 1080 g/mol. The number of ether oxygens (including phenoxy) is 4. The van der Waals surface area contributed by atoms with E-state index in [9.17, 15) is 38.9 Å². The van der Waals surface area contributed by atoms with Gasteiger partial charge in [0.15, 0.2) is 5.71 Å². The molecule has 400 valence electrons. The second-order valence-corrected chi connectivity index (χ2v) is 23.8. The van der Waals surface area contributed by atoms with Crippen LogP contribution in [-0.4, -0.2) is 117 Å². The second kappa shape index (κ2) is 22.8. The first-order chi connectivity index (χ1) is 34.8. The molecule has 0 unspecified atom stereocenters. The van der Waals surface area contributed by atoms with E-state index in [-0.39, 0.29) is 27.9 Å². The van der Waals surface area contributed by atoms with Crippen LogP contribution >= 0.6 is 0 Å². The Morgan fingerprint density at radius 2 is 1.30 bits per heavy atom. The maximum absolute atomic E-state index is 12.5. The van der Waals surface area contributed by atoms with Crippen molar-refractivity contribution >= 4 is 47.4 Å². The maximum atomic E-state index is 12.5. The van der Waals surface area contributed by atoms with E-state index in [2.05, 4.69) is 10.3 Å². The van der Waals surface area contributed by atoms with Crippen molar-refractivity contribution in [3.8, 4) is 5.75 Å². The molecule has 3 N–H and O–H groups in total. The van der Waals surface area contributed by atoms with Crippen molar-refractivity contribution in [3.05, 3.63) is 130 Å². The predicted molar refractivity (Wildman–Crippen MR) is 277 cm³/mol. The number of aryl methyl sites for hydroxylation is 4. The summed E-state index contributed by atoms with van der Waals surface area (Å²) >= 11 is 0. The summed E-state index contributed by atoms with van der Waals surface area (Å²) in [6, 6.07) is 11.2. The molecule has 0 saturated heterocycles. The minimum Gasteiger partial charge on any atom is -0.457 e. The number of anilines is 1. The zero-order chi connectivity index (χ0) is 53.8. The third-order valence-corrected chi connectivity index (χ3v) is 15.9. The quantitative estimate of drug-likeness (QED) is 0.0363. The van der Waals surface area contributed by atoms with Crippen molar-refractivity contribution in [2.45, 2.75) is 106 Å². The van der Waals surface area contributed by atoms with Crippen LogP contribution in [0.3, 0.4) is 0 Å². The summed E-state index contributed by atoms with van der Waals surface area (Å²) in [6.07, 6.45) is 14.2. The topological polar surface area (TPSA) is 246 Å². The molecule has 3 heterocycles. The Labute approximate surface area is 434 Å². The Hall–Kier alpha value is -5.40. The average Bonchev–Trinajstić information content (AvgIpc) is 3.90. The normalized spacial score (nSPS) is 17.9. The van der Waals surface area contributed by atoms with E-state index < -0.39 is 41.2 Å². The molecule has 1 aliphatic carbocycles. The molecule has 0 amide bonds. The first-order valence-corrected chi connectivity index (χ1v) is 28.6. The number of fused-ring (bicyclic) bond motifs is 2. The molecule has 0 atom stereocenters. The van der Waals surface area contributed by atoms with Crippen molar-refractivity contribution in [1.82, 2.24) is 15.0 Å². The van der Waals surface area contributed by atoms with Crippen molar-refractivity contribution in [1.29, 1.82) is 0 Å². The molecule has 22 heteroatoms. The van der Waals surface area contributed by atoms with E-state index in [1.807, 2.05) is 76.9 Å². The van der Waals surface area contributed by atoms with Crippen LogP contribution in [0.15, 0.2) is 116 Å². The molecular weight excluding hydrogens is 1010 g/mol. The van der Waals surface area contributed by atoms with Gasteiger partial charge < -0.3 is 18.9 Å². The van der Waals surface area contributed by atoms with Crippen molar-refractivity contribution < 1.29 is 67.3 Å². The highest BCUT2D eigenvalue weighted by Gasteiger charge is 2.45. The first kappa shape index (κ1) is 56.3.